The normalized spacial score (nSPS) is 11.1. The van der Waals surface area contributed by atoms with Crippen molar-refractivity contribution < 1.29 is 9.59 Å². The number of Topliss-reactive ketones (excluding diaryl/α,β-unsaturated/α-hetero) is 1. The van der Waals surface area contributed by atoms with Gasteiger partial charge in [-0.15, -0.1) is 0 Å². The van der Waals surface area contributed by atoms with E-state index in [2.05, 4.69) is 72.8 Å². The average Bonchev–Trinajstić information content (AvgIpc) is 3.18. The Morgan fingerprint density at radius 2 is 0.880 bits per heavy atom. The molecule has 0 aliphatic heterocycles. The van der Waals surface area contributed by atoms with Crippen LogP contribution in [-0.4, -0.2) is 11.6 Å². The van der Waals surface area contributed by atoms with E-state index in [-0.39, 0.29) is 18.0 Å². The molecule has 7 aromatic rings. The van der Waals surface area contributed by atoms with Gasteiger partial charge in [0.15, 0.2) is 11.6 Å². The van der Waals surface area contributed by atoms with E-state index in [1.807, 2.05) is 122 Å². The van der Waals surface area contributed by atoms with Gasteiger partial charge in [-0.3, -0.25) is 9.59 Å². The van der Waals surface area contributed by atoms with Crippen LogP contribution in [0.15, 0.2) is 182 Å². The standard InChI is InChI=1S/C48H36O2/c1-34-30-41(35-18-7-2-8-19-35)32-43(37-22-11-4-12-23-37)46(34)48(50)47-40(28-17-29-45(49)39-26-15-6-16-27-39)31-42(36-20-9-3-10-21-36)33-44(47)38-24-13-5-14-25-38/h2-28,30-33H,29H2,1H3/b28-17+. The number of ketones is 2. The van der Waals surface area contributed by atoms with E-state index >= 15 is 4.79 Å². The zero-order chi connectivity index (χ0) is 34.3. The smallest absolute Gasteiger partial charge is 0.195 e. The molecule has 0 unspecified atom stereocenters. The fourth-order valence-electron chi connectivity index (χ4n) is 6.58. The minimum atomic E-state index is -0.0616. The number of benzene rings is 7. The van der Waals surface area contributed by atoms with Crippen molar-refractivity contribution >= 4 is 17.6 Å². The maximum absolute atomic E-state index is 15.4. The van der Waals surface area contributed by atoms with Crippen molar-refractivity contribution in [3.05, 3.63) is 210 Å². The van der Waals surface area contributed by atoms with Gasteiger partial charge in [0, 0.05) is 23.1 Å². The molecule has 7 rings (SSSR count). The third-order valence-corrected chi connectivity index (χ3v) is 9.04. The van der Waals surface area contributed by atoms with Crippen LogP contribution in [-0.2, 0) is 0 Å². The van der Waals surface area contributed by atoms with Crippen LogP contribution in [0.2, 0.25) is 0 Å². The predicted octanol–water partition coefficient (Wildman–Crippen LogP) is 12.2. The number of aryl methyl sites for hydroxylation is 1. The quantitative estimate of drug-likeness (QED) is 0.139. The van der Waals surface area contributed by atoms with Gasteiger partial charge in [-0.05, 0) is 80.8 Å². The lowest BCUT2D eigenvalue weighted by molar-refractivity contribution is 0.0994. The van der Waals surface area contributed by atoms with Crippen LogP contribution in [0.5, 0.6) is 0 Å². The maximum atomic E-state index is 15.4. The summed E-state index contributed by atoms with van der Waals surface area (Å²) in [7, 11) is 0. The molecule has 0 N–H and O–H groups in total. The molecule has 0 aliphatic carbocycles. The van der Waals surface area contributed by atoms with Crippen molar-refractivity contribution in [2.24, 2.45) is 0 Å². The number of rotatable bonds is 10. The number of hydrogen-bond donors (Lipinski definition) is 0. The first kappa shape index (κ1) is 32.2. The summed E-state index contributed by atoms with van der Waals surface area (Å²) in [5, 5.41) is 0. The molecular weight excluding hydrogens is 609 g/mol. The second-order valence-electron chi connectivity index (χ2n) is 12.4. The largest absolute Gasteiger partial charge is 0.294 e. The van der Waals surface area contributed by atoms with Crippen molar-refractivity contribution in [3.63, 3.8) is 0 Å². The van der Waals surface area contributed by atoms with Gasteiger partial charge in [0.25, 0.3) is 0 Å². The van der Waals surface area contributed by atoms with Gasteiger partial charge in [0.1, 0.15) is 0 Å². The topological polar surface area (TPSA) is 34.1 Å². The second-order valence-corrected chi connectivity index (χ2v) is 12.4. The molecule has 50 heavy (non-hydrogen) atoms. The first-order valence-electron chi connectivity index (χ1n) is 16.9. The van der Waals surface area contributed by atoms with Gasteiger partial charge in [0.05, 0.1) is 0 Å². The van der Waals surface area contributed by atoms with E-state index in [0.717, 1.165) is 55.6 Å². The fourth-order valence-corrected chi connectivity index (χ4v) is 6.58. The van der Waals surface area contributed by atoms with Crippen LogP contribution in [0.4, 0.5) is 0 Å². The highest BCUT2D eigenvalue weighted by Gasteiger charge is 2.25. The van der Waals surface area contributed by atoms with E-state index in [1.54, 1.807) is 0 Å². The number of carbonyl (C=O) groups excluding carboxylic acids is 2. The van der Waals surface area contributed by atoms with E-state index in [0.29, 0.717) is 16.7 Å². The first-order chi connectivity index (χ1) is 24.6. The van der Waals surface area contributed by atoms with Crippen LogP contribution in [0.3, 0.4) is 0 Å². The van der Waals surface area contributed by atoms with Gasteiger partial charge in [-0.1, -0.05) is 170 Å². The summed E-state index contributed by atoms with van der Waals surface area (Å²) >= 11 is 0. The number of carbonyl (C=O) groups is 2. The summed E-state index contributed by atoms with van der Waals surface area (Å²) in [5.41, 5.74) is 11.4. The molecule has 2 nitrogen and oxygen atoms in total. The second kappa shape index (κ2) is 14.8. The van der Waals surface area contributed by atoms with E-state index < -0.39 is 0 Å². The molecule has 0 saturated carbocycles. The molecule has 0 amide bonds. The van der Waals surface area contributed by atoms with Crippen LogP contribution in [0, 0.1) is 6.92 Å². The molecule has 0 radical (unpaired) electrons. The molecule has 0 aliphatic rings. The Labute approximate surface area is 294 Å². The monoisotopic (exact) mass is 644 g/mol. The van der Waals surface area contributed by atoms with Gasteiger partial charge in [-0.25, -0.2) is 0 Å². The lowest BCUT2D eigenvalue weighted by Crippen LogP contribution is -2.11. The maximum Gasteiger partial charge on any atom is 0.195 e. The van der Waals surface area contributed by atoms with E-state index in [4.69, 9.17) is 0 Å². The lowest BCUT2D eigenvalue weighted by Gasteiger charge is -2.20. The molecule has 0 bridgehead atoms. The van der Waals surface area contributed by atoms with Gasteiger partial charge >= 0.3 is 0 Å². The molecule has 0 atom stereocenters. The lowest BCUT2D eigenvalue weighted by atomic mass is 9.82. The number of allylic oxidation sites excluding steroid dienone is 1. The highest BCUT2D eigenvalue weighted by Crippen LogP contribution is 2.39. The van der Waals surface area contributed by atoms with Crippen LogP contribution < -0.4 is 0 Å². The summed E-state index contributed by atoms with van der Waals surface area (Å²) < 4.78 is 0. The molecule has 0 heterocycles. The third kappa shape index (κ3) is 6.92. The Morgan fingerprint density at radius 3 is 1.38 bits per heavy atom. The summed E-state index contributed by atoms with van der Waals surface area (Å²) in [4.78, 5) is 28.5. The highest BCUT2D eigenvalue weighted by molar-refractivity contribution is 6.19. The summed E-state index contributed by atoms with van der Waals surface area (Å²) in [6, 6.07) is 58.5. The van der Waals surface area contributed by atoms with Crippen molar-refractivity contribution in [2.75, 3.05) is 0 Å². The third-order valence-electron chi connectivity index (χ3n) is 9.04. The minimum absolute atomic E-state index is 0.0240. The molecule has 0 fully saturated rings. The van der Waals surface area contributed by atoms with Gasteiger partial charge < -0.3 is 0 Å². The molecule has 240 valence electrons. The average molecular weight is 645 g/mol. The Balaban J connectivity index is 1.45. The predicted molar refractivity (Wildman–Crippen MR) is 207 cm³/mol. The first-order valence-corrected chi connectivity index (χ1v) is 16.9. The highest BCUT2D eigenvalue weighted by atomic mass is 16.1. The van der Waals surface area contributed by atoms with Crippen molar-refractivity contribution in [3.8, 4) is 44.5 Å². The Morgan fingerprint density at radius 1 is 0.460 bits per heavy atom. The molecular formula is C48H36O2. The Kier molecular flexibility index (Phi) is 9.53. The van der Waals surface area contributed by atoms with Crippen LogP contribution >= 0.6 is 0 Å². The molecule has 2 heteroatoms. The summed E-state index contributed by atoms with van der Waals surface area (Å²) in [5.74, 6) is -0.0376. The molecule has 0 aromatic heterocycles. The van der Waals surface area contributed by atoms with Crippen LogP contribution in [0.25, 0.3) is 50.6 Å². The zero-order valence-electron chi connectivity index (χ0n) is 27.9. The SMILES string of the molecule is Cc1cc(-c2ccccc2)cc(-c2ccccc2)c1C(=O)c1c(/C=C/CC(=O)c2ccccc2)cc(-c2ccccc2)cc1-c1ccccc1. The summed E-state index contributed by atoms with van der Waals surface area (Å²) in [6.07, 6.45) is 4.05. The van der Waals surface area contributed by atoms with Gasteiger partial charge in [0.2, 0.25) is 0 Å². The minimum Gasteiger partial charge on any atom is -0.294 e. The van der Waals surface area contributed by atoms with E-state index in [1.165, 1.54) is 0 Å². The van der Waals surface area contributed by atoms with E-state index in [9.17, 15) is 4.79 Å². The number of hydrogen-bond acceptors (Lipinski definition) is 2. The Bertz CT molecular complexity index is 2290. The van der Waals surface area contributed by atoms with Crippen LogP contribution in [0.1, 0.15) is 43.8 Å². The van der Waals surface area contributed by atoms with Crippen molar-refractivity contribution in [1.82, 2.24) is 0 Å². The Hall–Kier alpha value is -6.38. The fraction of sp³-hybridized carbons (Fsp3) is 0.0417. The zero-order valence-corrected chi connectivity index (χ0v) is 27.9. The van der Waals surface area contributed by atoms with Crippen molar-refractivity contribution in [1.29, 1.82) is 0 Å². The molecule has 7 aromatic carbocycles. The molecule has 0 saturated heterocycles. The van der Waals surface area contributed by atoms with Crippen molar-refractivity contribution in [2.45, 2.75) is 13.3 Å². The molecule has 0 spiro atoms. The van der Waals surface area contributed by atoms with Gasteiger partial charge in [-0.2, -0.15) is 0 Å². The summed E-state index contributed by atoms with van der Waals surface area (Å²) in [6.45, 7) is 2.03.